The lowest BCUT2D eigenvalue weighted by Crippen LogP contribution is -2.26. The average molecular weight is 255 g/mol. The lowest BCUT2D eigenvalue weighted by atomic mass is 9.75. The van der Waals surface area contributed by atoms with Gasteiger partial charge in [-0.2, -0.15) is 0 Å². The van der Waals surface area contributed by atoms with E-state index in [1.54, 1.807) is 0 Å². The Hall–Kier alpha value is -1.54. The fraction of sp³-hybridized carbons (Fsp3) is 0.412. The van der Waals surface area contributed by atoms with Crippen LogP contribution >= 0.6 is 0 Å². The van der Waals surface area contributed by atoms with Gasteiger partial charge in [-0.1, -0.05) is 44.2 Å². The summed E-state index contributed by atoms with van der Waals surface area (Å²) in [5.74, 6) is 0. The van der Waals surface area contributed by atoms with Crippen LogP contribution in [0.1, 0.15) is 43.2 Å². The van der Waals surface area contributed by atoms with Crippen molar-refractivity contribution < 1.29 is 5.11 Å². The highest BCUT2D eigenvalue weighted by Gasteiger charge is 2.33. The summed E-state index contributed by atoms with van der Waals surface area (Å²) in [5, 5.41) is 10.3. The summed E-state index contributed by atoms with van der Waals surface area (Å²) in [4.78, 5) is 0. The highest BCUT2D eigenvalue weighted by Crippen LogP contribution is 2.41. The van der Waals surface area contributed by atoms with Crippen LogP contribution in [0.5, 0.6) is 0 Å². The molecule has 2 aromatic rings. The standard InChI is InChI=1S/C17H21NO/c1-17(2)10-15-14(16(19)11-17)8-9-18(15)12-13-6-4-3-5-7-13/h3-9,16,19H,10-12H2,1-2H3. The summed E-state index contributed by atoms with van der Waals surface area (Å²) in [6.45, 7) is 5.36. The van der Waals surface area contributed by atoms with E-state index in [2.05, 4.69) is 54.9 Å². The van der Waals surface area contributed by atoms with E-state index in [9.17, 15) is 5.11 Å². The Bertz CT molecular complexity index is 568. The Morgan fingerprint density at radius 3 is 2.68 bits per heavy atom. The summed E-state index contributed by atoms with van der Waals surface area (Å²) in [5.41, 5.74) is 3.90. The van der Waals surface area contributed by atoms with Crippen LogP contribution < -0.4 is 0 Å². The summed E-state index contributed by atoms with van der Waals surface area (Å²) in [6, 6.07) is 12.6. The van der Waals surface area contributed by atoms with Crippen LogP contribution in [0.2, 0.25) is 0 Å². The second-order valence-corrected chi connectivity index (χ2v) is 6.39. The molecule has 1 atom stereocenters. The van der Waals surface area contributed by atoms with E-state index in [4.69, 9.17) is 0 Å². The van der Waals surface area contributed by atoms with Crippen LogP contribution in [0.25, 0.3) is 0 Å². The fourth-order valence-corrected chi connectivity index (χ4v) is 3.12. The number of fused-ring (bicyclic) bond motifs is 1. The first kappa shape index (κ1) is 12.5. The molecule has 0 fully saturated rings. The van der Waals surface area contributed by atoms with Crippen molar-refractivity contribution in [1.82, 2.24) is 4.57 Å². The van der Waals surface area contributed by atoms with Gasteiger partial charge in [0.15, 0.2) is 0 Å². The number of hydrogen-bond acceptors (Lipinski definition) is 1. The molecular formula is C17H21NO. The van der Waals surface area contributed by atoms with Crippen LogP contribution in [0.4, 0.5) is 0 Å². The minimum absolute atomic E-state index is 0.180. The second-order valence-electron chi connectivity index (χ2n) is 6.39. The monoisotopic (exact) mass is 255 g/mol. The highest BCUT2D eigenvalue weighted by molar-refractivity contribution is 5.30. The van der Waals surface area contributed by atoms with E-state index in [1.165, 1.54) is 11.3 Å². The maximum Gasteiger partial charge on any atom is 0.0812 e. The number of aromatic nitrogens is 1. The fourth-order valence-electron chi connectivity index (χ4n) is 3.12. The van der Waals surface area contributed by atoms with Gasteiger partial charge in [0.25, 0.3) is 0 Å². The maximum atomic E-state index is 10.3. The second kappa shape index (κ2) is 4.53. The van der Waals surface area contributed by atoms with E-state index < -0.39 is 0 Å². The Morgan fingerprint density at radius 1 is 1.21 bits per heavy atom. The summed E-state index contributed by atoms with van der Waals surface area (Å²) >= 11 is 0. The predicted molar refractivity (Wildman–Crippen MR) is 77.0 cm³/mol. The molecule has 19 heavy (non-hydrogen) atoms. The number of nitrogens with zero attached hydrogens (tertiary/aromatic N) is 1. The van der Waals surface area contributed by atoms with E-state index in [0.717, 1.165) is 24.9 Å². The third-order valence-corrected chi connectivity index (χ3v) is 4.06. The van der Waals surface area contributed by atoms with Crippen molar-refractivity contribution in [3.05, 3.63) is 59.4 Å². The third kappa shape index (κ3) is 2.45. The molecule has 1 N–H and O–H groups in total. The Balaban J connectivity index is 1.93. The van der Waals surface area contributed by atoms with Gasteiger partial charge in [0.2, 0.25) is 0 Å². The maximum absolute atomic E-state index is 10.3. The van der Waals surface area contributed by atoms with Crippen LogP contribution in [-0.4, -0.2) is 9.67 Å². The molecule has 0 spiro atoms. The van der Waals surface area contributed by atoms with Crippen molar-refractivity contribution in [2.45, 2.75) is 39.3 Å². The van der Waals surface area contributed by atoms with Gasteiger partial charge in [0.05, 0.1) is 6.10 Å². The van der Waals surface area contributed by atoms with Crippen molar-refractivity contribution in [3.8, 4) is 0 Å². The topological polar surface area (TPSA) is 25.2 Å². The first-order valence-corrected chi connectivity index (χ1v) is 6.95. The zero-order chi connectivity index (χ0) is 13.5. The van der Waals surface area contributed by atoms with E-state index in [0.29, 0.717) is 0 Å². The predicted octanol–water partition coefficient (Wildman–Crippen LogP) is 3.54. The molecule has 0 bridgehead atoms. The van der Waals surface area contributed by atoms with Gasteiger partial charge in [-0.15, -0.1) is 0 Å². The first-order chi connectivity index (χ1) is 9.05. The molecule has 1 unspecified atom stereocenters. The summed E-state index contributed by atoms with van der Waals surface area (Å²) in [6.07, 6.45) is 3.70. The largest absolute Gasteiger partial charge is 0.388 e. The molecule has 2 heteroatoms. The Morgan fingerprint density at radius 2 is 1.95 bits per heavy atom. The molecule has 1 aromatic carbocycles. The summed E-state index contributed by atoms with van der Waals surface area (Å²) in [7, 11) is 0. The first-order valence-electron chi connectivity index (χ1n) is 6.95. The molecule has 0 aliphatic heterocycles. The Labute approximate surface area is 114 Å². The van der Waals surface area contributed by atoms with Crippen molar-refractivity contribution >= 4 is 0 Å². The molecule has 0 saturated heterocycles. The van der Waals surface area contributed by atoms with E-state index >= 15 is 0 Å². The van der Waals surface area contributed by atoms with Gasteiger partial charge in [-0.05, 0) is 29.9 Å². The van der Waals surface area contributed by atoms with Crippen molar-refractivity contribution in [1.29, 1.82) is 0 Å². The molecule has 0 radical (unpaired) electrons. The number of aliphatic hydroxyl groups excluding tert-OH is 1. The van der Waals surface area contributed by atoms with Gasteiger partial charge < -0.3 is 9.67 Å². The SMILES string of the molecule is CC1(C)Cc2c(ccn2Cc2ccccc2)C(O)C1. The molecule has 0 saturated carbocycles. The number of rotatable bonds is 2. The van der Waals surface area contributed by atoms with Gasteiger partial charge in [0, 0.05) is 24.0 Å². The smallest absolute Gasteiger partial charge is 0.0812 e. The molecule has 1 aliphatic carbocycles. The van der Waals surface area contributed by atoms with Crippen LogP contribution in [-0.2, 0) is 13.0 Å². The normalized spacial score (nSPS) is 21.1. The van der Waals surface area contributed by atoms with Crippen molar-refractivity contribution in [2.75, 3.05) is 0 Å². The van der Waals surface area contributed by atoms with Crippen molar-refractivity contribution in [3.63, 3.8) is 0 Å². The molecule has 100 valence electrons. The molecule has 0 amide bonds. The molecule has 3 rings (SSSR count). The number of aliphatic hydroxyl groups is 1. The van der Waals surface area contributed by atoms with Crippen LogP contribution in [0.3, 0.4) is 0 Å². The lowest BCUT2D eigenvalue weighted by Gasteiger charge is -2.34. The van der Waals surface area contributed by atoms with Crippen molar-refractivity contribution in [2.24, 2.45) is 5.41 Å². The van der Waals surface area contributed by atoms with E-state index in [1.807, 2.05) is 6.07 Å². The van der Waals surface area contributed by atoms with Crippen LogP contribution in [0, 0.1) is 5.41 Å². The molecule has 1 heterocycles. The third-order valence-electron chi connectivity index (χ3n) is 4.06. The minimum Gasteiger partial charge on any atom is -0.388 e. The zero-order valence-corrected chi connectivity index (χ0v) is 11.6. The van der Waals surface area contributed by atoms with Crippen LogP contribution in [0.15, 0.2) is 42.6 Å². The minimum atomic E-state index is -0.309. The number of hydrogen-bond donors (Lipinski definition) is 1. The van der Waals surface area contributed by atoms with Gasteiger partial charge in [-0.3, -0.25) is 0 Å². The quantitative estimate of drug-likeness (QED) is 0.872. The zero-order valence-electron chi connectivity index (χ0n) is 11.6. The van der Waals surface area contributed by atoms with Gasteiger partial charge >= 0.3 is 0 Å². The summed E-state index contributed by atoms with van der Waals surface area (Å²) < 4.78 is 2.29. The number of benzene rings is 1. The lowest BCUT2D eigenvalue weighted by molar-refractivity contribution is 0.0981. The molecular weight excluding hydrogens is 234 g/mol. The molecule has 1 aliphatic rings. The Kier molecular flexibility index (Phi) is 2.98. The molecule has 2 nitrogen and oxygen atoms in total. The average Bonchev–Trinajstić information content (AvgIpc) is 2.72. The van der Waals surface area contributed by atoms with Gasteiger partial charge in [0.1, 0.15) is 0 Å². The highest BCUT2D eigenvalue weighted by atomic mass is 16.3. The van der Waals surface area contributed by atoms with E-state index in [-0.39, 0.29) is 11.5 Å². The van der Waals surface area contributed by atoms with Gasteiger partial charge in [-0.25, -0.2) is 0 Å². The molecule has 1 aromatic heterocycles.